The van der Waals surface area contributed by atoms with Gasteiger partial charge < -0.3 is 15.5 Å². The van der Waals surface area contributed by atoms with E-state index in [4.69, 9.17) is 0 Å². The quantitative estimate of drug-likeness (QED) is 0.317. The number of aliphatic hydroxyl groups is 1. The SMILES string of the molecule is C[C@@H](Nc1ccc(C(=O)c2ccccc2)cc1[N+](=O)[O-])[C@H](O)c1ccc(O)cc1. The van der Waals surface area contributed by atoms with Crippen LogP contribution in [0.3, 0.4) is 0 Å². The molecule has 0 unspecified atom stereocenters. The van der Waals surface area contributed by atoms with E-state index in [-0.39, 0.29) is 28.5 Å². The first-order valence-corrected chi connectivity index (χ1v) is 8.98. The van der Waals surface area contributed by atoms with Crippen molar-refractivity contribution in [1.29, 1.82) is 0 Å². The summed E-state index contributed by atoms with van der Waals surface area (Å²) in [6.45, 7) is 1.68. The lowest BCUT2D eigenvalue weighted by Crippen LogP contribution is -2.24. The highest BCUT2D eigenvalue weighted by Crippen LogP contribution is 2.30. The summed E-state index contributed by atoms with van der Waals surface area (Å²) in [7, 11) is 0. The average molecular weight is 392 g/mol. The molecular formula is C22H20N2O5. The lowest BCUT2D eigenvalue weighted by atomic mass is 10.0. The number of nitro groups is 1. The van der Waals surface area contributed by atoms with Crippen LogP contribution in [0.1, 0.15) is 34.5 Å². The highest BCUT2D eigenvalue weighted by atomic mass is 16.6. The van der Waals surface area contributed by atoms with E-state index in [0.717, 1.165) is 0 Å². The number of rotatable bonds is 7. The van der Waals surface area contributed by atoms with Gasteiger partial charge in [0.2, 0.25) is 0 Å². The molecule has 3 aromatic rings. The number of nitro benzene ring substituents is 1. The minimum atomic E-state index is -0.958. The second-order valence-electron chi connectivity index (χ2n) is 6.65. The summed E-state index contributed by atoms with van der Waals surface area (Å²) in [6.07, 6.45) is -0.958. The van der Waals surface area contributed by atoms with Crippen molar-refractivity contribution in [3.05, 3.63) is 99.6 Å². The molecule has 148 valence electrons. The third kappa shape index (κ3) is 4.59. The summed E-state index contributed by atoms with van der Waals surface area (Å²) in [5.41, 5.74) is 1.15. The molecular weight excluding hydrogens is 372 g/mol. The zero-order chi connectivity index (χ0) is 21.0. The predicted octanol–water partition coefficient (Wildman–Crippen LogP) is 4.07. The van der Waals surface area contributed by atoms with Gasteiger partial charge in [-0.05, 0) is 36.8 Å². The fourth-order valence-electron chi connectivity index (χ4n) is 2.99. The van der Waals surface area contributed by atoms with Gasteiger partial charge in [0, 0.05) is 17.2 Å². The first kappa shape index (κ1) is 20.0. The summed E-state index contributed by atoms with van der Waals surface area (Å²) in [6, 6.07) is 18.3. The Hall–Kier alpha value is -3.71. The smallest absolute Gasteiger partial charge is 0.293 e. The first-order chi connectivity index (χ1) is 13.9. The lowest BCUT2D eigenvalue weighted by molar-refractivity contribution is -0.384. The number of benzene rings is 3. The zero-order valence-corrected chi connectivity index (χ0v) is 15.6. The van der Waals surface area contributed by atoms with E-state index in [1.165, 1.54) is 30.3 Å². The molecule has 7 nitrogen and oxygen atoms in total. The number of carbonyl (C=O) groups excluding carboxylic acids is 1. The van der Waals surface area contributed by atoms with Crippen molar-refractivity contribution >= 4 is 17.2 Å². The van der Waals surface area contributed by atoms with Crippen molar-refractivity contribution in [3.8, 4) is 5.75 Å². The molecule has 7 heteroatoms. The van der Waals surface area contributed by atoms with Crippen LogP contribution in [0, 0.1) is 10.1 Å². The van der Waals surface area contributed by atoms with Crippen LogP contribution >= 0.6 is 0 Å². The van der Waals surface area contributed by atoms with Crippen LogP contribution in [0.4, 0.5) is 11.4 Å². The Labute approximate surface area is 167 Å². The number of anilines is 1. The van der Waals surface area contributed by atoms with Crippen molar-refractivity contribution in [2.45, 2.75) is 19.1 Å². The Morgan fingerprint density at radius 2 is 1.66 bits per heavy atom. The van der Waals surface area contributed by atoms with Crippen LogP contribution in [0.15, 0.2) is 72.8 Å². The van der Waals surface area contributed by atoms with Gasteiger partial charge in [-0.3, -0.25) is 14.9 Å². The molecule has 0 aliphatic heterocycles. The molecule has 3 aromatic carbocycles. The number of phenolic OH excluding ortho intramolecular Hbond substituents is 1. The molecule has 0 spiro atoms. The van der Waals surface area contributed by atoms with Crippen LogP contribution in [0.25, 0.3) is 0 Å². The Morgan fingerprint density at radius 1 is 1.00 bits per heavy atom. The molecule has 0 amide bonds. The van der Waals surface area contributed by atoms with E-state index in [2.05, 4.69) is 5.32 Å². The Balaban J connectivity index is 1.84. The van der Waals surface area contributed by atoms with Crippen molar-refractivity contribution in [2.75, 3.05) is 5.32 Å². The predicted molar refractivity (Wildman–Crippen MR) is 109 cm³/mol. The molecule has 29 heavy (non-hydrogen) atoms. The number of ketones is 1. The van der Waals surface area contributed by atoms with E-state index in [1.807, 2.05) is 0 Å². The largest absolute Gasteiger partial charge is 0.508 e. The molecule has 3 N–H and O–H groups in total. The van der Waals surface area contributed by atoms with Crippen LogP contribution in [0.2, 0.25) is 0 Å². The fourth-order valence-corrected chi connectivity index (χ4v) is 2.99. The summed E-state index contributed by atoms with van der Waals surface area (Å²) >= 11 is 0. The van der Waals surface area contributed by atoms with Crippen LogP contribution < -0.4 is 5.32 Å². The summed E-state index contributed by atoms with van der Waals surface area (Å²) < 4.78 is 0. The maximum Gasteiger partial charge on any atom is 0.293 e. The molecule has 0 saturated heterocycles. The van der Waals surface area contributed by atoms with E-state index < -0.39 is 17.1 Å². The van der Waals surface area contributed by atoms with Crippen molar-refractivity contribution in [3.63, 3.8) is 0 Å². The molecule has 0 aliphatic rings. The second kappa shape index (κ2) is 8.53. The molecule has 0 heterocycles. The number of nitrogens with one attached hydrogen (secondary N) is 1. The van der Waals surface area contributed by atoms with Gasteiger partial charge in [-0.2, -0.15) is 0 Å². The third-order valence-corrected chi connectivity index (χ3v) is 4.58. The van der Waals surface area contributed by atoms with Gasteiger partial charge in [-0.1, -0.05) is 42.5 Å². The van der Waals surface area contributed by atoms with Gasteiger partial charge in [-0.15, -0.1) is 0 Å². The van der Waals surface area contributed by atoms with Gasteiger partial charge in [0.25, 0.3) is 5.69 Å². The molecule has 0 bridgehead atoms. The Morgan fingerprint density at radius 3 is 2.28 bits per heavy atom. The Bertz CT molecular complexity index is 1020. The van der Waals surface area contributed by atoms with Gasteiger partial charge in [0.15, 0.2) is 5.78 Å². The lowest BCUT2D eigenvalue weighted by Gasteiger charge is -2.22. The molecule has 0 radical (unpaired) electrons. The number of aliphatic hydroxyl groups excluding tert-OH is 1. The zero-order valence-electron chi connectivity index (χ0n) is 15.6. The van der Waals surface area contributed by atoms with Crippen molar-refractivity contribution in [1.82, 2.24) is 0 Å². The first-order valence-electron chi connectivity index (χ1n) is 8.98. The monoisotopic (exact) mass is 392 g/mol. The third-order valence-electron chi connectivity index (χ3n) is 4.58. The normalized spacial score (nSPS) is 12.8. The van der Waals surface area contributed by atoms with Gasteiger partial charge in [0.1, 0.15) is 11.4 Å². The minimum absolute atomic E-state index is 0.0795. The van der Waals surface area contributed by atoms with Gasteiger partial charge in [-0.25, -0.2) is 0 Å². The average Bonchev–Trinajstić information content (AvgIpc) is 2.74. The van der Waals surface area contributed by atoms with E-state index in [1.54, 1.807) is 49.4 Å². The summed E-state index contributed by atoms with van der Waals surface area (Å²) in [5.74, 6) is -0.228. The fraction of sp³-hybridized carbons (Fsp3) is 0.136. The maximum absolute atomic E-state index is 12.6. The van der Waals surface area contributed by atoms with Gasteiger partial charge >= 0.3 is 0 Å². The molecule has 0 fully saturated rings. The molecule has 0 aliphatic carbocycles. The number of hydrogen-bond donors (Lipinski definition) is 3. The van der Waals surface area contributed by atoms with Crippen LogP contribution in [-0.2, 0) is 0 Å². The van der Waals surface area contributed by atoms with Crippen molar-refractivity contribution < 1.29 is 19.9 Å². The summed E-state index contributed by atoms with van der Waals surface area (Å²) in [4.78, 5) is 23.6. The number of phenols is 1. The molecule has 3 rings (SSSR count). The highest BCUT2D eigenvalue weighted by molar-refractivity contribution is 6.09. The number of carbonyl (C=O) groups is 1. The summed E-state index contributed by atoms with van der Waals surface area (Å²) in [5, 5.41) is 34.4. The maximum atomic E-state index is 12.6. The van der Waals surface area contributed by atoms with E-state index in [0.29, 0.717) is 11.1 Å². The topological polar surface area (TPSA) is 113 Å². The minimum Gasteiger partial charge on any atom is -0.508 e. The van der Waals surface area contributed by atoms with Crippen LogP contribution in [-0.4, -0.2) is 27.0 Å². The molecule has 0 saturated carbocycles. The molecule has 0 aromatic heterocycles. The van der Waals surface area contributed by atoms with E-state index >= 15 is 0 Å². The molecule has 2 atom stereocenters. The number of aromatic hydroxyl groups is 1. The van der Waals surface area contributed by atoms with Gasteiger partial charge in [0.05, 0.1) is 17.1 Å². The highest BCUT2D eigenvalue weighted by Gasteiger charge is 2.22. The standard InChI is InChI=1S/C22H20N2O5/c1-14(21(26)16-7-10-18(25)11-8-16)23-19-12-9-17(13-20(19)24(28)29)22(27)15-5-3-2-4-6-15/h2-14,21,23,25-26H,1H3/t14-,21+/m1/s1. The number of hydrogen-bond acceptors (Lipinski definition) is 6. The Kier molecular flexibility index (Phi) is 5.90. The van der Waals surface area contributed by atoms with E-state index in [9.17, 15) is 25.1 Å². The number of nitrogens with zero attached hydrogens (tertiary/aromatic N) is 1. The second-order valence-corrected chi connectivity index (χ2v) is 6.65. The van der Waals surface area contributed by atoms with Crippen LogP contribution in [0.5, 0.6) is 5.75 Å². The van der Waals surface area contributed by atoms with Crippen molar-refractivity contribution in [2.24, 2.45) is 0 Å².